The first kappa shape index (κ1) is 15.0. The molecule has 0 N–H and O–H groups in total. The van der Waals surface area contributed by atoms with Crippen LogP contribution < -0.4 is 0 Å². The van der Waals surface area contributed by atoms with E-state index in [9.17, 15) is 4.79 Å². The Hall–Kier alpha value is -2.09. The van der Waals surface area contributed by atoms with Gasteiger partial charge in [-0.2, -0.15) is 0 Å². The molecule has 2 nitrogen and oxygen atoms in total. The second-order valence-electron chi connectivity index (χ2n) is 4.33. The summed E-state index contributed by atoms with van der Waals surface area (Å²) in [6.07, 6.45) is 6.86. The van der Waals surface area contributed by atoms with Gasteiger partial charge in [0, 0.05) is 6.08 Å². The third-order valence-corrected chi connectivity index (χ3v) is 3.02. The van der Waals surface area contributed by atoms with E-state index in [1.54, 1.807) is 12.2 Å². The lowest BCUT2D eigenvalue weighted by Gasteiger charge is -2.26. The molecule has 0 aliphatic heterocycles. The van der Waals surface area contributed by atoms with Crippen molar-refractivity contribution < 1.29 is 9.53 Å². The van der Waals surface area contributed by atoms with Crippen molar-refractivity contribution in [3.63, 3.8) is 0 Å². The van der Waals surface area contributed by atoms with Crippen LogP contribution in [0.2, 0.25) is 0 Å². The molecule has 0 heterocycles. The highest BCUT2D eigenvalue weighted by molar-refractivity contribution is 5.81. The largest absolute Gasteiger partial charge is 0.447 e. The molecule has 0 aliphatic rings. The van der Waals surface area contributed by atoms with Crippen molar-refractivity contribution in [3.8, 4) is 0 Å². The van der Waals surface area contributed by atoms with Crippen molar-refractivity contribution in [2.75, 3.05) is 0 Å². The first-order valence-corrected chi connectivity index (χ1v) is 6.32. The zero-order chi connectivity index (χ0) is 14.1. The number of rotatable bonds is 8. The fourth-order valence-electron chi connectivity index (χ4n) is 1.86. The number of ether oxygens (including phenoxy) is 1. The summed E-state index contributed by atoms with van der Waals surface area (Å²) in [6, 6.07) is 10.2. The minimum atomic E-state index is -0.806. The Bertz CT molecular complexity index is 438. The van der Waals surface area contributed by atoms with Crippen molar-refractivity contribution in [2.45, 2.75) is 24.9 Å². The highest BCUT2D eigenvalue weighted by Gasteiger charge is 2.25. The number of carbonyl (C=O) groups is 1. The van der Waals surface area contributed by atoms with Gasteiger partial charge in [-0.15, -0.1) is 0 Å². The van der Waals surface area contributed by atoms with Crippen molar-refractivity contribution in [1.82, 2.24) is 0 Å². The van der Waals surface area contributed by atoms with Crippen molar-refractivity contribution >= 4 is 5.97 Å². The Labute approximate surface area is 115 Å². The van der Waals surface area contributed by atoms with Gasteiger partial charge in [0.15, 0.2) is 0 Å². The maximum absolute atomic E-state index is 11.3. The maximum Gasteiger partial charge on any atom is 0.331 e. The van der Waals surface area contributed by atoms with E-state index in [1.165, 1.54) is 5.56 Å². The molecule has 0 bridgehead atoms. The number of hydrogen-bond acceptors (Lipinski definition) is 2. The quantitative estimate of drug-likeness (QED) is 0.401. The molecule has 0 radical (unpaired) electrons. The van der Waals surface area contributed by atoms with Crippen LogP contribution in [0.3, 0.4) is 0 Å². The van der Waals surface area contributed by atoms with Crippen LogP contribution in [0, 0.1) is 0 Å². The van der Waals surface area contributed by atoms with Crippen molar-refractivity contribution in [2.24, 2.45) is 0 Å². The van der Waals surface area contributed by atoms with Crippen molar-refractivity contribution in [1.29, 1.82) is 0 Å². The van der Waals surface area contributed by atoms with Gasteiger partial charge in [0.1, 0.15) is 5.60 Å². The lowest BCUT2D eigenvalue weighted by atomic mass is 9.95. The molecule has 1 aromatic rings. The molecule has 2 heteroatoms. The molecule has 0 unspecified atom stereocenters. The number of esters is 1. The highest BCUT2D eigenvalue weighted by atomic mass is 16.6. The van der Waals surface area contributed by atoms with Gasteiger partial charge in [0.05, 0.1) is 0 Å². The molecule has 0 saturated carbocycles. The van der Waals surface area contributed by atoms with Gasteiger partial charge in [0.2, 0.25) is 0 Å². The van der Waals surface area contributed by atoms with Gasteiger partial charge >= 0.3 is 5.97 Å². The molecule has 0 fully saturated rings. The Balaban J connectivity index is 2.59. The van der Waals surface area contributed by atoms with Crippen LogP contribution in [0.5, 0.6) is 0 Å². The Morgan fingerprint density at radius 1 is 1.16 bits per heavy atom. The predicted octanol–water partition coefficient (Wildman–Crippen LogP) is 3.85. The van der Waals surface area contributed by atoms with E-state index in [0.717, 1.165) is 18.9 Å². The zero-order valence-electron chi connectivity index (χ0n) is 11.2. The summed E-state index contributed by atoms with van der Waals surface area (Å²) in [7, 11) is 0. The summed E-state index contributed by atoms with van der Waals surface area (Å²) in [4.78, 5) is 11.3. The van der Waals surface area contributed by atoms with E-state index < -0.39 is 11.6 Å². The monoisotopic (exact) mass is 256 g/mol. The first-order chi connectivity index (χ1) is 9.15. The van der Waals surface area contributed by atoms with Gasteiger partial charge < -0.3 is 4.74 Å². The van der Waals surface area contributed by atoms with Crippen LogP contribution in [0.1, 0.15) is 18.4 Å². The molecule has 0 amide bonds. The predicted molar refractivity (Wildman–Crippen MR) is 78.8 cm³/mol. The fourth-order valence-corrected chi connectivity index (χ4v) is 1.86. The van der Waals surface area contributed by atoms with Crippen LogP contribution in [0.25, 0.3) is 0 Å². The summed E-state index contributed by atoms with van der Waals surface area (Å²) in [6.45, 7) is 10.9. The standard InChI is InChI=1S/C17H20O2/c1-4-16(18)19-17(5-2,6-3)14-10-13-15-11-8-7-9-12-15/h4-9,11-12H,1-3,10,13-14H2. The van der Waals surface area contributed by atoms with Gasteiger partial charge in [0.25, 0.3) is 0 Å². The Morgan fingerprint density at radius 3 is 2.32 bits per heavy atom. The molecule has 0 spiro atoms. The SMILES string of the molecule is C=CC(=O)OC(C=C)(C=C)CCCc1ccccc1. The van der Waals surface area contributed by atoms with Crippen LogP contribution in [0.15, 0.2) is 68.3 Å². The van der Waals surface area contributed by atoms with Crippen molar-refractivity contribution in [3.05, 3.63) is 73.9 Å². The summed E-state index contributed by atoms with van der Waals surface area (Å²) < 4.78 is 5.33. The number of carbonyl (C=O) groups excluding carboxylic acids is 1. The minimum absolute atomic E-state index is 0.459. The average molecular weight is 256 g/mol. The Kier molecular flexibility index (Phi) is 5.80. The van der Waals surface area contributed by atoms with E-state index >= 15 is 0 Å². The fraction of sp³-hybridized carbons (Fsp3) is 0.235. The van der Waals surface area contributed by atoms with Crippen LogP contribution in [0.4, 0.5) is 0 Å². The molecule has 1 rings (SSSR count). The van der Waals surface area contributed by atoms with Gasteiger partial charge in [-0.3, -0.25) is 0 Å². The number of hydrogen-bond donors (Lipinski definition) is 0. The molecular formula is C17H20O2. The summed E-state index contributed by atoms with van der Waals surface area (Å²) >= 11 is 0. The van der Waals surface area contributed by atoms with Crippen LogP contribution in [-0.4, -0.2) is 11.6 Å². The van der Waals surface area contributed by atoms with Gasteiger partial charge in [-0.1, -0.05) is 50.1 Å². The van der Waals surface area contributed by atoms with Crippen LogP contribution >= 0.6 is 0 Å². The summed E-state index contributed by atoms with van der Waals surface area (Å²) in [5.41, 5.74) is 0.458. The lowest BCUT2D eigenvalue weighted by molar-refractivity contribution is -0.145. The average Bonchev–Trinajstić information content (AvgIpc) is 2.47. The second kappa shape index (κ2) is 7.37. The molecule has 0 aromatic heterocycles. The van der Waals surface area contributed by atoms with E-state index in [4.69, 9.17) is 4.74 Å². The molecule has 0 atom stereocenters. The topological polar surface area (TPSA) is 26.3 Å². The number of aryl methyl sites for hydroxylation is 1. The second-order valence-corrected chi connectivity index (χ2v) is 4.33. The minimum Gasteiger partial charge on any atom is -0.447 e. The smallest absolute Gasteiger partial charge is 0.331 e. The number of benzene rings is 1. The lowest BCUT2D eigenvalue weighted by Crippen LogP contribution is -2.29. The molecule has 19 heavy (non-hydrogen) atoms. The summed E-state index contributed by atoms with van der Waals surface area (Å²) in [5.74, 6) is -0.459. The zero-order valence-corrected chi connectivity index (χ0v) is 11.2. The third-order valence-electron chi connectivity index (χ3n) is 3.02. The summed E-state index contributed by atoms with van der Waals surface area (Å²) in [5, 5.41) is 0. The van der Waals surface area contributed by atoms with Crippen LogP contribution in [-0.2, 0) is 16.0 Å². The molecule has 1 aromatic carbocycles. The highest BCUT2D eigenvalue weighted by Crippen LogP contribution is 2.23. The van der Waals surface area contributed by atoms with E-state index in [-0.39, 0.29) is 0 Å². The van der Waals surface area contributed by atoms with E-state index in [0.29, 0.717) is 6.42 Å². The first-order valence-electron chi connectivity index (χ1n) is 6.32. The van der Waals surface area contributed by atoms with E-state index in [1.807, 2.05) is 18.2 Å². The molecule has 0 aliphatic carbocycles. The van der Waals surface area contributed by atoms with Gasteiger partial charge in [-0.25, -0.2) is 4.79 Å². The molecular weight excluding hydrogens is 236 g/mol. The van der Waals surface area contributed by atoms with E-state index in [2.05, 4.69) is 31.9 Å². The van der Waals surface area contributed by atoms with Gasteiger partial charge in [-0.05, 0) is 37.0 Å². The molecule has 100 valence electrons. The molecule has 0 saturated heterocycles. The Morgan fingerprint density at radius 2 is 1.79 bits per heavy atom. The normalized spacial score (nSPS) is 10.5. The third kappa shape index (κ3) is 4.59. The maximum atomic E-state index is 11.3.